The molecule has 9 heteroatoms. The van der Waals surface area contributed by atoms with Gasteiger partial charge in [-0.25, -0.2) is 13.4 Å². The van der Waals surface area contributed by atoms with Crippen molar-refractivity contribution in [3.63, 3.8) is 0 Å². The number of benzene rings is 1. The number of aromatic nitrogens is 1. The lowest BCUT2D eigenvalue weighted by molar-refractivity contribution is 0.565. The van der Waals surface area contributed by atoms with Crippen molar-refractivity contribution < 1.29 is 12.8 Å². The fourth-order valence-corrected chi connectivity index (χ4v) is 4.75. The van der Waals surface area contributed by atoms with E-state index in [-0.39, 0.29) is 41.4 Å². The number of hydrogen-bond acceptors (Lipinski definition) is 5. The van der Waals surface area contributed by atoms with Crippen LogP contribution < -0.4 is 10.6 Å². The van der Waals surface area contributed by atoms with Crippen molar-refractivity contribution >= 4 is 39.8 Å². The first-order valence-corrected chi connectivity index (χ1v) is 10.4. The highest BCUT2D eigenvalue weighted by Gasteiger charge is 2.27. The standard InChI is InChI=1S/C18H24N4O3S.HI/c1-13-3-5-15(6-4-13)17-22-16(11-25-17)10-21-18(19-2)20-9-14-7-8-26(23,24)12-14;/h3-6,11,14H,7-10,12H2,1-2H3,(H2,19,20,21);1H. The van der Waals surface area contributed by atoms with Crippen molar-refractivity contribution in [3.05, 3.63) is 41.8 Å². The summed E-state index contributed by atoms with van der Waals surface area (Å²) in [5, 5.41) is 6.35. The van der Waals surface area contributed by atoms with Crippen molar-refractivity contribution in [2.24, 2.45) is 10.9 Å². The second kappa shape index (κ2) is 9.54. The van der Waals surface area contributed by atoms with Crippen molar-refractivity contribution in [3.8, 4) is 11.5 Å². The molecule has 148 valence electrons. The molecule has 1 atom stereocenters. The van der Waals surface area contributed by atoms with E-state index < -0.39 is 9.84 Å². The lowest BCUT2D eigenvalue weighted by Gasteiger charge is -2.13. The summed E-state index contributed by atoms with van der Waals surface area (Å²) >= 11 is 0. The number of nitrogens with one attached hydrogen (secondary N) is 2. The second-order valence-electron chi connectivity index (χ2n) is 6.59. The zero-order valence-electron chi connectivity index (χ0n) is 15.4. The number of hydrogen-bond donors (Lipinski definition) is 2. The molecule has 2 aromatic rings. The Morgan fingerprint density at radius 3 is 2.67 bits per heavy atom. The Bertz CT molecular complexity index is 878. The van der Waals surface area contributed by atoms with E-state index in [1.165, 1.54) is 5.56 Å². The third-order valence-electron chi connectivity index (χ3n) is 4.40. The molecule has 1 aliphatic heterocycles. The fraction of sp³-hybridized carbons (Fsp3) is 0.444. The first-order valence-electron chi connectivity index (χ1n) is 8.61. The van der Waals surface area contributed by atoms with Crippen LogP contribution in [0.2, 0.25) is 0 Å². The molecule has 7 nitrogen and oxygen atoms in total. The monoisotopic (exact) mass is 504 g/mol. The third kappa shape index (κ3) is 6.20. The summed E-state index contributed by atoms with van der Waals surface area (Å²) in [6, 6.07) is 8.00. The largest absolute Gasteiger partial charge is 0.444 e. The number of guanidine groups is 1. The summed E-state index contributed by atoms with van der Waals surface area (Å²) in [6.45, 7) is 3.10. The van der Waals surface area contributed by atoms with Gasteiger partial charge in [-0.3, -0.25) is 4.99 Å². The van der Waals surface area contributed by atoms with Crippen LogP contribution in [0.25, 0.3) is 11.5 Å². The van der Waals surface area contributed by atoms with Crippen LogP contribution in [-0.4, -0.2) is 44.5 Å². The lowest BCUT2D eigenvalue weighted by atomic mass is 10.1. The smallest absolute Gasteiger partial charge is 0.226 e. The molecule has 1 aromatic carbocycles. The molecule has 1 unspecified atom stereocenters. The Kier molecular flexibility index (Phi) is 7.66. The minimum Gasteiger partial charge on any atom is -0.444 e. The predicted molar refractivity (Wildman–Crippen MR) is 117 cm³/mol. The highest BCUT2D eigenvalue weighted by Crippen LogP contribution is 2.19. The van der Waals surface area contributed by atoms with Gasteiger partial charge in [-0.1, -0.05) is 17.7 Å². The number of sulfone groups is 1. The van der Waals surface area contributed by atoms with Gasteiger partial charge in [0.05, 0.1) is 23.7 Å². The molecule has 3 rings (SSSR count). The zero-order chi connectivity index (χ0) is 18.6. The van der Waals surface area contributed by atoms with Gasteiger partial charge in [-0.2, -0.15) is 0 Å². The molecule has 0 amide bonds. The number of halogens is 1. The summed E-state index contributed by atoms with van der Waals surface area (Å²) in [7, 11) is -1.17. The lowest BCUT2D eigenvalue weighted by Crippen LogP contribution is -2.39. The SMILES string of the molecule is CN=C(NCc1coc(-c2ccc(C)cc2)n1)NCC1CCS(=O)(=O)C1.I. The van der Waals surface area contributed by atoms with Gasteiger partial charge < -0.3 is 15.1 Å². The van der Waals surface area contributed by atoms with E-state index in [0.29, 0.717) is 31.4 Å². The van der Waals surface area contributed by atoms with Crippen molar-refractivity contribution in [2.45, 2.75) is 19.9 Å². The number of aliphatic imine (C=N–C) groups is 1. The average molecular weight is 504 g/mol. The third-order valence-corrected chi connectivity index (χ3v) is 6.23. The van der Waals surface area contributed by atoms with E-state index in [0.717, 1.165) is 11.3 Å². The summed E-state index contributed by atoms with van der Waals surface area (Å²) in [5.41, 5.74) is 2.89. The van der Waals surface area contributed by atoms with E-state index in [1.807, 2.05) is 31.2 Å². The van der Waals surface area contributed by atoms with Crippen LogP contribution in [0.1, 0.15) is 17.7 Å². The van der Waals surface area contributed by atoms with Crippen LogP contribution in [0.15, 0.2) is 39.9 Å². The van der Waals surface area contributed by atoms with Crippen LogP contribution in [-0.2, 0) is 16.4 Å². The van der Waals surface area contributed by atoms with Gasteiger partial charge in [0.15, 0.2) is 15.8 Å². The van der Waals surface area contributed by atoms with E-state index in [4.69, 9.17) is 4.42 Å². The minimum absolute atomic E-state index is 0. The molecule has 1 aliphatic rings. The Morgan fingerprint density at radius 2 is 2.04 bits per heavy atom. The maximum absolute atomic E-state index is 11.5. The Hall–Kier alpha value is -1.62. The van der Waals surface area contributed by atoms with E-state index in [2.05, 4.69) is 20.6 Å². The van der Waals surface area contributed by atoms with Crippen LogP contribution in [0, 0.1) is 12.8 Å². The van der Waals surface area contributed by atoms with E-state index >= 15 is 0 Å². The number of nitrogens with zero attached hydrogens (tertiary/aromatic N) is 2. The number of rotatable bonds is 5. The van der Waals surface area contributed by atoms with Gasteiger partial charge >= 0.3 is 0 Å². The van der Waals surface area contributed by atoms with Crippen molar-refractivity contribution in [1.29, 1.82) is 0 Å². The minimum atomic E-state index is -2.85. The molecule has 0 radical (unpaired) electrons. The fourth-order valence-electron chi connectivity index (χ4n) is 2.89. The molecule has 1 aromatic heterocycles. The average Bonchev–Trinajstić information content (AvgIpc) is 3.22. The summed E-state index contributed by atoms with van der Waals surface area (Å²) < 4.78 is 28.6. The topological polar surface area (TPSA) is 96.6 Å². The van der Waals surface area contributed by atoms with Crippen LogP contribution in [0.3, 0.4) is 0 Å². The molecule has 2 N–H and O–H groups in total. The molecular weight excluding hydrogens is 479 g/mol. The molecule has 0 bridgehead atoms. The Morgan fingerprint density at radius 1 is 1.30 bits per heavy atom. The van der Waals surface area contributed by atoms with Gasteiger partial charge in [-0.15, -0.1) is 24.0 Å². The Balaban J connectivity index is 0.00000261. The van der Waals surface area contributed by atoms with Crippen molar-refractivity contribution in [2.75, 3.05) is 25.1 Å². The second-order valence-corrected chi connectivity index (χ2v) is 8.81. The Labute approximate surface area is 177 Å². The van der Waals surface area contributed by atoms with E-state index in [1.54, 1.807) is 13.3 Å². The van der Waals surface area contributed by atoms with Gasteiger partial charge in [0, 0.05) is 19.2 Å². The van der Waals surface area contributed by atoms with Gasteiger partial charge in [0.25, 0.3) is 0 Å². The first-order chi connectivity index (χ1) is 12.4. The van der Waals surface area contributed by atoms with Crippen LogP contribution in [0.5, 0.6) is 0 Å². The quantitative estimate of drug-likeness (QED) is 0.369. The number of aryl methyl sites for hydroxylation is 1. The first kappa shape index (κ1) is 21.7. The molecular formula is C18H25IN4O3S. The maximum Gasteiger partial charge on any atom is 0.226 e. The van der Waals surface area contributed by atoms with Gasteiger partial charge in [0.1, 0.15) is 6.26 Å². The normalized spacial score (nSPS) is 18.7. The molecule has 27 heavy (non-hydrogen) atoms. The van der Waals surface area contributed by atoms with E-state index in [9.17, 15) is 8.42 Å². The van der Waals surface area contributed by atoms with Crippen LogP contribution >= 0.6 is 24.0 Å². The number of oxazole rings is 1. The highest BCUT2D eigenvalue weighted by molar-refractivity contribution is 14.0. The highest BCUT2D eigenvalue weighted by atomic mass is 127. The summed E-state index contributed by atoms with van der Waals surface area (Å²) in [5.74, 6) is 1.88. The molecule has 0 saturated carbocycles. The molecule has 1 saturated heterocycles. The maximum atomic E-state index is 11.5. The molecule has 1 fully saturated rings. The predicted octanol–water partition coefficient (Wildman–Crippen LogP) is 2.37. The van der Waals surface area contributed by atoms with Gasteiger partial charge in [0.2, 0.25) is 5.89 Å². The van der Waals surface area contributed by atoms with Gasteiger partial charge in [-0.05, 0) is 31.4 Å². The molecule has 0 aliphatic carbocycles. The molecule has 2 heterocycles. The molecule has 0 spiro atoms. The van der Waals surface area contributed by atoms with Crippen molar-refractivity contribution in [1.82, 2.24) is 15.6 Å². The summed E-state index contributed by atoms with van der Waals surface area (Å²) in [6.07, 6.45) is 2.33. The van der Waals surface area contributed by atoms with Crippen LogP contribution in [0.4, 0.5) is 0 Å². The zero-order valence-corrected chi connectivity index (χ0v) is 18.6. The summed E-state index contributed by atoms with van der Waals surface area (Å²) in [4.78, 5) is 8.64.